The van der Waals surface area contributed by atoms with Crippen LogP contribution >= 0.6 is 15.9 Å². The number of carbonyl (C=O) groups excluding carboxylic acids is 1. The van der Waals surface area contributed by atoms with Crippen molar-refractivity contribution in [3.8, 4) is 0 Å². The molecule has 4 nitrogen and oxygen atoms in total. The summed E-state index contributed by atoms with van der Waals surface area (Å²) in [6.07, 6.45) is 2.05. The largest absolute Gasteiger partial charge is 1.00 e. The molecule has 158 valence electrons. The Bertz CT molecular complexity index is 1120. The van der Waals surface area contributed by atoms with E-state index in [9.17, 15) is 4.79 Å². The zero-order chi connectivity index (χ0) is 21.1. The normalized spacial score (nSPS) is 14.1. The minimum absolute atomic E-state index is 0. The molecule has 0 atom stereocenters. The summed E-state index contributed by atoms with van der Waals surface area (Å²) in [7, 11) is 0. The van der Waals surface area contributed by atoms with E-state index in [0.717, 1.165) is 32.4 Å². The molecule has 0 bridgehead atoms. The fourth-order valence-electron chi connectivity index (χ4n) is 3.53. The van der Waals surface area contributed by atoms with E-state index in [1.54, 1.807) is 19.1 Å². The third-order valence-corrected chi connectivity index (χ3v) is 5.56. The molecule has 1 heterocycles. The van der Waals surface area contributed by atoms with Crippen molar-refractivity contribution in [2.75, 3.05) is 11.5 Å². The summed E-state index contributed by atoms with van der Waals surface area (Å²) >= 11 is 3.47. The van der Waals surface area contributed by atoms with Gasteiger partial charge in [-0.15, -0.1) is 0 Å². The predicted molar refractivity (Wildman–Crippen MR) is 125 cm³/mol. The van der Waals surface area contributed by atoms with Crippen LogP contribution in [0.15, 0.2) is 77.3 Å². The molecule has 0 saturated heterocycles. The number of hydrogen-bond acceptors (Lipinski definition) is 3. The molecule has 4 rings (SSSR count). The highest BCUT2D eigenvalue weighted by atomic mass is 79.9. The SMILES string of the molecule is CCOC(=O)c1ccc(N2Cc3ccccc3/C(=C\c3ccc(Br)cc3)C2=N)cc1.[Br-]. The van der Waals surface area contributed by atoms with Crippen LogP contribution in [-0.4, -0.2) is 18.4 Å². The second kappa shape index (κ2) is 10.1. The maximum absolute atomic E-state index is 11.9. The maximum atomic E-state index is 11.9. The van der Waals surface area contributed by atoms with Crippen molar-refractivity contribution in [2.24, 2.45) is 0 Å². The summed E-state index contributed by atoms with van der Waals surface area (Å²) in [4.78, 5) is 13.9. The van der Waals surface area contributed by atoms with Gasteiger partial charge in [0.2, 0.25) is 0 Å². The average molecular weight is 541 g/mol. The quantitative estimate of drug-likeness (QED) is 0.517. The van der Waals surface area contributed by atoms with Crippen molar-refractivity contribution < 1.29 is 26.5 Å². The third kappa shape index (κ3) is 4.97. The van der Waals surface area contributed by atoms with Crippen LogP contribution in [0, 0.1) is 5.41 Å². The Hall–Kier alpha value is -2.70. The lowest BCUT2D eigenvalue weighted by Gasteiger charge is -2.33. The van der Waals surface area contributed by atoms with E-state index >= 15 is 0 Å². The molecule has 0 saturated carbocycles. The first kappa shape index (κ1) is 23.0. The Labute approximate surface area is 201 Å². The summed E-state index contributed by atoms with van der Waals surface area (Å²) in [5.74, 6) is 0.0967. The highest BCUT2D eigenvalue weighted by Gasteiger charge is 2.26. The van der Waals surface area contributed by atoms with Gasteiger partial charge in [-0.2, -0.15) is 0 Å². The number of nitrogens with zero attached hydrogens (tertiary/aromatic N) is 1. The first-order chi connectivity index (χ1) is 14.6. The van der Waals surface area contributed by atoms with Crippen molar-refractivity contribution >= 4 is 45.1 Å². The summed E-state index contributed by atoms with van der Waals surface area (Å²) in [6.45, 7) is 2.74. The molecule has 1 aliphatic heterocycles. The van der Waals surface area contributed by atoms with Gasteiger partial charge in [0.05, 0.1) is 18.7 Å². The average Bonchev–Trinajstić information content (AvgIpc) is 2.77. The van der Waals surface area contributed by atoms with Crippen LogP contribution < -0.4 is 21.9 Å². The highest BCUT2D eigenvalue weighted by molar-refractivity contribution is 9.10. The van der Waals surface area contributed by atoms with Gasteiger partial charge in [0.1, 0.15) is 5.84 Å². The molecule has 0 radical (unpaired) electrons. The molecule has 0 aromatic heterocycles. The molecular weight excluding hydrogens is 520 g/mol. The van der Waals surface area contributed by atoms with Crippen LogP contribution in [0.4, 0.5) is 5.69 Å². The molecular formula is C25H21Br2N2O2-. The summed E-state index contributed by atoms with van der Waals surface area (Å²) < 4.78 is 6.09. The molecule has 31 heavy (non-hydrogen) atoms. The van der Waals surface area contributed by atoms with Gasteiger partial charge >= 0.3 is 5.97 Å². The Kier molecular flexibility index (Phi) is 7.46. The zero-order valence-electron chi connectivity index (χ0n) is 16.9. The Morgan fingerprint density at radius 1 is 1.06 bits per heavy atom. The standard InChI is InChI=1S/C25H21BrN2O2.BrH/c1-2-30-25(29)18-9-13-21(14-10-18)28-16-19-5-3-4-6-22(19)23(24(28)27)15-17-7-11-20(26)12-8-17;/h3-15,27H,2,16H2,1H3;1H/p-1/b23-15+,27-24?;. The number of halogens is 2. The van der Waals surface area contributed by atoms with Crippen molar-refractivity contribution in [3.63, 3.8) is 0 Å². The second-order valence-electron chi connectivity index (χ2n) is 6.97. The van der Waals surface area contributed by atoms with Crippen molar-refractivity contribution in [1.82, 2.24) is 0 Å². The number of fused-ring (bicyclic) bond motifs is 1. The van der Waals surface area contributed by atoms with E-state index in [-0.39, 0.29) is 23.0 Å². The minimum atomic E-state index is -0.334. The molecule has 0 aliphatic carbocycles. The lowest BCUT2D eigenvalue weighted by Crippen LogP contribution is -3.00. The molecule has 1 N–H and O–H groups in total. The minimum Gasteiger partial charge on any atom is -1.00 e. The lowest BCUT2D eigenvalue weighted by atomic mass is 9.92. The predicted octanol–water partition coefficient (Wildman–Crippen LogP) is 3.17. The number of esters is 1. The van der Waals surface area contributed by atoms with Crippen LogP contribution in [0.1, 0.15) is 34.0 Å². The molecule has 0 unspecified atom stereocenters. The van der Waals surface area contributed by atoms with Gasteiger partial charge in [-0.05, 0) is 66.1 Å². The number of nitrogens with one attached hydrogen (secondary N) is 1. The third-order valence-electron chi connectivity index (χ3n) is 5.03. The van der Waals surface area contributed by atoms with Gasteiger partial charge in [0.15, 0.2) is 0 Å². The molecule has 0 fully saturated rings. The van der Waals surface area contributed by atoms with Crippen LogP contribution in [0.3, 0.4) is 0 Å². The van der Waals surface area contributed by atoms with Crippen LogP contribution in [-0.2, 0) is 11.3 Å². The smallest absolute Gasteiger partial charge is 0.338 e. The van der Waals surface area contributed by atoms with E-state index in [4.69, 9.17) is 10.1 Å². The van der Waals surface area contributed by atoms with Crippen molar-refractivity contribution in [2.45, 2.75) is 13.5 Å². The molecule has 6 heteroatoms. The van der Waals surface area contributed by atoms with E-state index in [1.165, 1.54) is 0 Å². The molecule has 1 aliphatic rings. The van der Waals surface area contributed by atoms with Gasteiger partial charge in [-0.1, -0.05) is 52.3 Å². The Morgan fingerprint density at radius 3 is 2.42 bits per heavy atom. The summed E-state index contributed by atoms with van der Waals surface area (Å²) in [6, 6.07) is 23.5. The number of carbonyl (C=O) groups is 1. The number of hydrogen-bond donors (Lipinski definition) is 1. The fourth-order valence-corrected chi connectivity index (χ4v) is 3.79. The van der Waals surface area contributed by atoms with Crippen molar-refractivity contribution in [1.29, 1.82) is 5.41 Å². The van der Waals surface area contributed by atoms with Crippen LogP contribution in [0.25, 0.3) is 11.6 Å². The number of ether oxygens (including phenoxy) is 1. The van der Waals surface area contributed by atoms with E-state index in [2.05, 4.69) is 28.1 Å². The number of rotatable bonds is 4. The fraction of sp³-hybridized carbons (Fsp3) is 0.120. The number of anilines is 1. The van der Waals surface area contributed by atoms with Gasteiger partial charge in [0.25, 0.3) is 0 Å². The van der Waals surface area contributed by atoms with E-state index < -0.39 is 0 Å². The second-order valence-corrected chi connectivity index (χ2v) is 7.88. The topological polar surface area (TPSA) is 53.4 Å². The summed E-state index contributed by atoms with van der Waals surface area (Å²) in [5, 5.41) is 8.92. The molecule has 3 aromatic carbocycles. The first-order valence-corrected chi connectivity index (χ1v) is 10.6. The number of benzene rings is 3. The number of amidine groups is 1. The highest BCUT2D eigenvalue weighted by Crippen LogP contribution is 2.33. The lowest BCUT2D eigenvalue weighted by molar-refractivity contribution is -0.0000239. The maximum Gasteiger partial charge on any atom is 0.338 e. The van der Waals surface area contributed by atoms with Gasteiger partial charge in [-0.25, -0.2) is 4.79 Å². The van der Waals surface area contributed by atoms with Crippen LogP contribution in [0.2, 0.25) is 0 Å². The van der Waals surface area contributed by atoms with Crippen molar-refractivity contribution in [3.05, 3.63) is 99.5 Å². The Balaban J connectivity index is 0.00000272. The Morgan fingerprint density at radius 2 is 1.74 bits per heavy atom. The zero-order valence-corrected chi connectivity index (χ0v) is 20.1. The molecule has 3 aromatic rings. The van der Waals surface area contributed by atoms with Gasteiger partial charge in [-0.3, -0.25) is 5.41 Å². The van der Waals surface area contributed by atoms with Crippen LogP contribution in [0.5, 0.6) is 0 Å². The monoisotopic (exact) mass is 539 g/mol. The first-order valence-electron chi connectivity index (χ1n) is 9.76. The molecule has 0 spiro atoms. The molecule has 0 amide bonds. The van der Waals surface area contributed by atoms with Gasteiger partial charge in [0, 0.05) is 15.7 Å². The van der Waals surface area contributed by atoms with Gasteiger partial charge < -0.3 is 26.6 Å². The summed E-state index contributed by atoms with van der Waals surface area (Å²) in [5.41, 5.74) is 5.51. The van der Waals surface area contributed by atoms with E-state index in [0.29, 0.717) is 24.6 Å². The van der Waals surface area contributed by atoms with E-state index in [1.807, 2.05) is 59.5 Å².